The number of amides is 1. The maximum absolute atomic E-state index is 12.3. The first-order chi connectivity index (χ1) is 9.62. The molecule has 1 rings (SSSR count). The van der Waals surface area contributed by atoms with Crippen LogP contribution in [0.1, 0.15) is 22.8 Å². The molecule has 0 bridgehead atoms. The molecular weight excluding hydrogens is 258 g/mol. The Bertz CT molecular complexity index is 546. The minimum absolute atomic E-state index is 0.0927. The Labute approximate surface area is 117 Å². The SMILES string of the molecule is CCN(CC(=O)OC)C(=O)c1cncc(C#CCN)c1. The maximum Gasteiger partial charge on any atom is 0.325 e. The molecule has 1 amide bonds. The summed E-state index contributed by atoms with van der Waals surface area (Å²) in [6.07, 6.45) is 2.99. The molecule has 0 aliphatic heterocycles. The van der Waals surface area contributed by atoms with Gasteiger partial charge in [-0.15, -0.1) is 0 Å². The highest BCUT2D eigenvalue weighted by Gasteiger charge is 2.18. The van der Waals surface area contributed by atoms with Gasteiger partial charge in [-0.25, -0.2) is 0 Å². The largest absolute Gasteiger partial charge is 0.468 e. The molecule has 0 aliphatic rings. The summed E-state index contributed by atoms with van der Waals surface area (Å²) >= 11 is 0. The number of ether oxygens (including phenoxy) is 1. The van der Waals surface area contributed by atoms with Gasteiger partial charge in [-0.1, -0.05) is 11.8 Å². The van der Waals surface area contributed by atoms with E-state index >= 15 is 0 Å². The zero-order valence-corrected chi connectivity index (χ0v) is 11.5. The first-order valence-electron chi connectivity index (χ1n) is 6.12. The summed E-state index contributed by atoms with van der Waals surface area (Å²) in [5, 5.41) is 0. The highest BCUT2D eigenvalue weighted by Crippen LogP contribution is 2.06. The van der Waals surface area contributed by atoms with Gasteiger partial charge < -0.3 is 15.4 Å². The van der Waals surface area contributed by atoms with Crippen LogP contribution in [-0.2, 0) is 9.53 Å². The van der Waals surface area contributed by atoms with E-state index in [-0.39, 0.29) is 19.0 Å². The van der Waals surface area contributed by atoms with E-state index in [4.69, 9.17) is 5.73 Å². The normalized spacial score (nSPS) is 9.35. The third-order valence-electron chi connectivity index (χ3n) is 2.54. The zero-order chi connectivity index (χ0) is 15.0. The van der Waals surface area contributed by atoms with E-state index in [1.807, 2.05) is 0 Å². The molecule has 6 nitrogen and oxygen atoms in total. The molecule has 0 saturated carbocycles. The van der Waals surface area contributed by atoms with E-state index in [9.17, 15) is 9.59 Å². The van der Waals surface area contributed by atoms with Gasteiger partial charge in [0.2, 0.25) is 0 Å². The fraction of sp³-hybridized carbons (Fsp3) is 0.357. The summed E-state index contributed by atoms with van der Waals surface area (Å²) in [7, 11) is 1.28. The van der Waals surface area contributed by atoms with Gasteiger partial charge >= 0.3 is 5.97 Å². The van der Waals surface area contributed by atoms with Crippen molar-refractivity contribution < 1.29 is 14.3 Å². The second-order valence-electron chi connectivity index (χ2n) is 3.86. The van der Waals surface area contributed by atoms with Crippen molar-refractivity contribution >= 4 is 11.9 Å². The first-order valence-corrected chi connectivity index (χ1v) is 6.12. The van der Waals surface area contributed by atoms with Gasteiger partial charge in [0, 0.05) is 24.5 Å². The molecule has 0 radical (unpaired) electrons. The van der Waals surface area contributed by atoms with E-state index in [0.29, 0.717) is 17.7 Å². The molecule has 1 heterocycles. The van der Waals surface area contributed by atoms with Crippen molar-refractivity contribution in [1.29, 1.82) is 0 Å². The first kappa shape index (κ1) is 15.7. The van der Waals surface area contributed by atoms with Gasteiger partial charge in [0.05, 0.1) is 19.2 Å². The molecule has 0 aromatic carbocycles. The fourth-order valence-corrected chi connectivity index (χ4v) is 1.51. The molecule has 1 aromatic heterocycles. The van der Waals surface area contributed by atoms with Crippen molar-refractivity contribution in [2.24, 2.45) is 5.73 Å². The summed E-state index contributed by atoms with van der Waals surface area (Å²) in [6, 6.07) is 1.62. The standard InChI is InChI=1S/C14H17N3O3/c1-3-17(10-13(18)20-2)14(19)12-7-11(5-4-6-15)8-16-9-12/h7-9H,3,6,10,15H2,1-2H3. The number of nitrogens with two attached hydrogens (primary N) is 1. The lowest BCUT2D eigenvalue weighted by atomic mass is 10.2. The molecule has 6 heteroatoms. The lowest BCUT2D eigenvalue weighted by Crippen LogP contribution is -2.36. The summed E-state index contributed by atoms with van der Waals surface area (Å²) in [4.78, 5) is 28.9. The molecule has 2 N–H and O–H groups in total. The van der Waals surface area contributed by atoms with Crippen LogP contribution in [0.15, 0.2) is 18.5 Å². The number of hydrogen-bond acceptors (Lipinski definition) is 5. The van der Waals surface area contributed by atoms with Crippen LogP contribution in [0.5, 0.6) is 0 Å². The Morgan fingerprint density at radius 1 is 1.45 bits per heavy atom. The van der Waals surface area contributed by atoms with E-state index in [0.717, 1.165) is 0 Å². The second-order valence-corrected chi connectivity index (χ2v) is 3.86. The Balaban J connectivity index is 2.92. The van der Waals surface area contributed by atoms with Gasteiger partial charge in [-0.3, -0.25) is 14.6 Å². The van der Waals surface area contributed by atoms with Crippen molar-refractivity contribution in [1.82, 2.24) is 9.88 Å². The molecule has 20 heavy (non-hydrogen) atoms. The van der Waals surface area contributed by atoms with E-state index < -0.39 is 5.97 Å². The van der Waals surface area contributed by atoms with Gasteiger partial charge in [-0.2, -0.15) is 0 Å². The van der Waals surface area contributed by atoms with Crippen LogP contribution in [0.4, 0.5) is 0 Å². The molecule has 106 valence electrons. The number of rotatable bonds is 4. The highest BCUT2D eigenvalue weighted by atomic mass is 16.5. The van der Waals surface area contributed by atoms with Gasteiger partial charge in [0.1, 0.15) is 6.54 Å². The van der Waals surface area contributed by atoms with Crippen molar-refractivity contribution in [3.63, 3.8) is 0 Å². The topological polar surface area (TPSA) is 85.5 Å². The molecule has 0 spiro atoms. The highest BCUT2D eigenvalue weighted by molar-refractivity contribution is 5.96. The molecule has 0 saturated heterocycles. The summed E-state index contributed by atoms with van der Waals surface area (Å²) < 4.78 is 4.56. The average molecular weight is 275 g/mol. The molecule has 0 atom stereocenters. The fourth-order valence-electron chi connectivity index (χ4n) is 1.51. The number of carbonyl (C=O) groups excluding carboxylic acids is 2. The summed E-state index contributed by atoms with van der Waals surface area (Å²) in [6.45, 7) is 2.32. The van der Waals surface area contributed by atoms with Gasteiger partial charge in [0.15, 0.2) is 0 Å². The van der Waals surface area contributed by atoms with E-state index in [2.05, 4.69) is 21.6 Å². The Morgan fingerprint density at radius 3 is 2.80 bits per heavy atom. The number of hydrogen-bond donors (Lipinski definition) is 1. The van der Waals surface area contributed by atoms with Crippen molar-refractivity contribution in [2.75, 3.05) is 26.7 Å². The van der Waals surface area contributed by atoms with Crippen LogP contribution in [-0.4, -0.2) is 48.5 Å². The minimum Gasteiger partial charge on any atom is -0.468 e. The molecule has 0 aliphatic carbocycles. The van der Waals surface area contributed by atoms with Crippen LogP contribution in [0.3, 0.4) is 0 Å². The van der Waals surface area contributed by atoms with E-state index in [1.165, 1.54) is 18.2 Å². The molecule has 1 aromatic rings. The molecular formula is C14H17N3O3. The van der Waals surface area contributed by atoms with Gasteiger partial charge in [0.25, 0.3) is 5.91 Å². The number of nitrogens with zero attached hydrogens (tertiary/aromatic N) is 2. The maximum atomic E-state index is 12.3. The van der Waals surface area contributed by atoms with Crippen LogP contribution < -0.4 is 5.73 Å². The number of likely N-dealkylation sites (N-methyl/N-ethyl adjacent to an activating group) is 1. The summed E-state index contributed by atoms with van der Waals surface area (Å²) in [5.74, 6) is 4.75. The zero-order valence-electron chi connectivity index (χ0n) is 11.5. The lowest BCUT2D eigenvalue weighted by molar-refractivity contribution is -0.141. The number of pyridine rings is 1. The third kappa shape index (κ3) is 4.37. The Hall–Kier alpha value is -2.39. The third-order valence-corrected chi connectivity index (χ3v) is 2.54. The summed E-state index contributed by atoms with van der Waals surface area (Å²) in [5.41, 5.74) is 6.28. The molecule has 0 unspecified atom stereocenters. The number of carbonyl (C=O) groups is 2. The lowest BCUT2D eigenvalue weighted by Gasteiger charge is -2.19. The second kappa shape index (κ2) is 7.92. The van der Waals surface area contributed by atoms with Crippen LogP contribution in [0, 0.1) is 11.8 Å². The number of aromatic nitrogens is 1. The van der Waals surface area contributed by atoms with Crippen LogP contribution >= 0.6 is 0 Å². The smallest absolute Gasteiger partial charge is 0.325 e. The predicted octanol–water partition coefficient (Wildman–Crippen LogP) is 0.0269. The Kier molecular flexibility index (Phi) is 6.20. The van der Waals surface area contributed by atoms with Crippen molar-refractivity contribution in [2.45, 2.75) is 6.92 Å². The monoisotopic (exact) mass is 275 g/mol. The minimum atomic E-state index is -0.466. The van der Waals surface area contributed by atoms with Crippen molar-refractivity contribution in [3.8, 4) is 11.8 Å². The predicted molar refractivity (Wildman–Crippen MR) is 73.8 cm³/mol. The quantitative estimate of drug-likeness (QED) is 0.619. The number of esters is 1. The van der Waals surface area contributed by atoms with E-state index in [1.54, 1.807) is 19.2 Å². The van der Waals surface area contributed by atoms with Crippen LogP contribution in [0.25, 0.3) is 0 Å². The van der Waals surface area contributed by atoms with Crippen molar-refractivity contribution in [3.05, 3.63) is 29.6 Å². The average Bonchev–Trinajstić information content (AvgIpc) is 2.49. The van der Waals surface area contributed by atoms with Gasteiger partial charge in [-0.05, 0) is 13.0 Å². The Morgan fingerprint density at radius 2 is 2.20 bits per heavy atom. The number of methoxy groups -OCH3 is 1. The van der Waals surface area contributed by atoms with Crippen LogP contribution in [0.2, 0.25) is 0 Å². The molecule has 0 fully saturated rings.